The van der Waals surface area contributed by atoms with Gasteiger partial charge in [0.1, 0.15) is 5.82 Å². The SMILES string of the molecule is O=C(O)c1cc(-c2ccccc2F)n(-c2cccnn2)n1. The molecule has 2 heterocycles. The van der Waals surface area contributed by atoms with Gasteiger partial charge in [-0.05, 0) is 30.3 Å². The number of hydrogen-bond acceptors (Lipinski definition) is 4. The average Bonchev–Trinajstić information content (AvgIpc) is 2.94. The van der Waals surface area contributed by atoms with E-state index < -0.39 is 11.8 Å². The summed E-state index contributed by atoms with van der Waals surface area (Å²) in [6.45, 7) is 0. The Kier molecular flexibility index (Phi) is 3.15. The third-order valence-corrected chi connectivity index (χ3v) is 2.85. The van der Waals surface area contributed by atoms with Crippen LogP contribution in [0, 0.1) is 5.82 Å². The van der Waals surface area contributed by atoms with Crippen LogP contribution in [-0.2, 0) is 0 Å². The third-order valence-electron chi connectivity index (χ3n) is 2.85. The molecule has 0 amide bonds. The molecule has 104 valence electrons. The van der Waals surface area contributed by atoms with Gasteiger partial charge in [0.15, 0.2) is 11.5 Å². The Morgan fingerprint density at radius 3 is 2.67 bits per heavy atom. The summed E-state index contributed by atoms with van der Waals surface area (Å²) in [5.74, 6) is -1.36. The van der Waals surface area contributed by atoms with Crippen molar-refractivity contribution in [1.29, 1.82) is 0 Å². The van der Waals surface area contributed by atoms with Gasteiger partial charge in [-0.3, -0.25) is 0 Å². The van der Waals surface area contributed by atoms with Crippen LogP contribution in [0.25, 0.3) is 17.1 Å². The van der Waals surface area contributed by atoms with E-state index in [0.29, 0.717) is 11.5 Å². The van der Waals surface area contributed by atoms with Gasteiger partial charge in [-0.25, -0.2) is 13.9 Å². The van der Waals surface area contributed by atoms with Gasteiger partial charge in [0, 0.05) is 11.8 Å². The van der Waals surface area contributed by atoms with Crippen molar-refractivity contribution in [2.45, 2.75) is 0 Å². The number of halogens is 1. The van der Waals surface area contributed by atoms with Crippen LogP contribution in [0.15, 0.2) is 48.7 Å². The Morgan fingerprint density at radius 1 is 1.19 bits per heavy atom. The molecule has 0 bridgehead atoms. The first-order chi connectivity index (χ1) is 10.2. The number of hydrogen-bond donors (Lipinski definition) is 1. The zero-order valence-corrected chi connectivity index (χ0v) is 10.6. The van der Waals surface area contributed by atoms with Gasteiger partial charge < -0.3 is 5.11 Å². The molecule has 7 heteroatoms. The summed E-state index contributed by atoms with van der Waals surface area (Å²) in [5.41, 5.74) is 0.341. The van der Waals surface area contributed by atoms with Crippen LogP contribution in [-0.4, -0.2) is 31.1 Å². The Labute approximate surface area is 118 Å². The highest BCUT2D eigenvalue weighted by molar-refractivity contribution is 5.87. The first-order valence-electron chi connectivity index (χ1n) is 6.03. The fourth-order valence-corrected chi connectivity index (χ4v) is 1.93. The topological polar surface area (TPSA) is 80.9 Å². The number of aromatic carboxylic acids is 1. The summed E-state index contributed by atoms with van der Waals surface area (Å²) in [5, 5.41) is 20.6. The summed E-state index contributed by atoms with van der Waals surface area (Å²) < 4.78 is 15.2. The molecular weight excluding hydrogens is 275 g/mol. The minimum Gasteiger partial charge on any atom is -0.476 e. The minimum atomic E-state index is -1.20. The van der Waals surface area contributed by atoms with Crippen molar-refractivity contribution >= 4 is 5.97 Å². The molecular formula is C14H9FN4O2. The molecule has 21 heavy (non-hydrogen) atoms. The first-order valence-corrected chi connectivity index (χ1v) is 6.03. The van der Waals surface area contributed by atoms with E-state index in [1.165, 1.54) is 23.0 Å². The summed E-state index contributed by atoms with van der Waals surface area (Å²) in [4.78, 5) is 11.1. The monoisotopic (exact) mass is 284 g/mol. The smallest absolute Gasteiger partial charge is 0.356 e. The van der Waals surface area contributed by atoms with Gasteiger partial charge in [-0.2, -0.15) is 10.2 Å². The standard InChI is InChI=1S/C14H9FN4O2/c15-10-5-2-1-4-9(10)12-8-11(14(20)21)18-19(12)13-6-3-7-16-17-13/h1-8H,(H,20,21). The highest BCUT2D eigenvalue weighted by Crippen LogP contribution is 2.25. The average molecular weight is 284 g/mol. The lowest BCUT2D eigenvalue weighted by Crippen LogP contribution is -2.05. The molecule has 0 fully saturated rings. The predicted molar refractivity (Wildman–Crippen MR) is 71.5 cm³/mol. The highest BCUT2D eigenvalue weighted by Gasteiger charge is 2.18. The summed E-state index contributed by atoms with van der Waals surface area (Å²) in [7, 11) is 0. The van der Waals surface area contributed by atoms with E-state index in [1.807, 2.05) is 0 Å². The van der Waals surface area contributed by atoms with Crippen LogP contribution >= 0.6 is 0 Å². The molecule has 0 atom stereocenters. The van der Waals surface area contributed by atoms with Crippen LogP contribution in [0.1, 0.15) is 10.5 Å². The number of nitrogens with zero attached hydrogens (tertiary/aromatic N) is 4. The molecule has 0 unspecified atom stereocenters. The van der Waals surface area contributed by atoms with Gasteiger partial charge >= 0.3 is 5.97 Å². The summed E-state index contributed by atoms with van der Waals surface area (Å²) in [6.07, 6.45) is 1.48. The quantitative estimate of drug-likeness (QED) is 0.797. The lowest BCUT2D eigenvalue weighted by molar-refractivity contribution is 0.0690. The Hall–Kier alpha value is -3.09. The molecule has 1 aromatic carbocycles. The molecule has 0 aliphatic heterocycles. The van der Waals surface area contributed by atoms with Crippen LogP contribution in [0.2, 0.25) is 0 Å². The van der Waals surface area contributed by atoms with Crippen molar-refractivity contribution in [1.82, 2.24) is 20.0 Å². The van der Waals surface area contributed by atoms with Gasteiger partial charge in [-0.15, -0.1) is 5.10 Å². The predicted octanol–water partition coefficient (Wildman–Crippen LogP) is 2.17. The molecule has 0 saturated heterocycles. The van der Waals surface area contributed by atoms with Gasteiger partial charge in [0.2, 0.25) is 0 Å². The van der Waals surface area contributed by atoms with Crippen molar-refractivity contribution in [3.05, 3.63) is 60.2 Å². The Balaban J connectivity index is 2.24. The fraction of sp³-hybridized carbons (Fsp3) is 0. The maximum atomic E-state index is 14.0. The summed E-state index contributed by atoms with van der Waals surface area (Å²) >= 11 is 0. The van der Waals surface area contributed by atoms with Gasteiger partial charge in [0.05, 0.1) is 5.69 Å². The van der Waals surface area contributed by atoms with E-state index in [2.05, 4.69) is 15.3 Å². The molecule has 0 aliphatic carbocycles. The minimum absolute atomic E-state index is 0.195. The molecule has 0 spiro atoms. The Bertz CT molecular complexity index is 802. The molecule has 6 nitrogen and oxygen atoms in total. The van der Waals surface area contributed by atoms with E-state index in [9.17, 15) is 9.18 Å². The van der Waals surface area contributed by atoms with Crippen molar-refractivity contribution in [2.75, 3.05) is 0 Å². The van der Waals surface area contributed by atoms with E-state index >= 15 is 0 Å². The number of carboxylic acids is 1. The molecule has 0 aliphatic rings. The number of benzene rings is 1. The second-order valence-electron chi connectivity index (χ2n) is 4.19. The maximum Gasteiger partial charge on any atom is 0.356 e. The van der Waals surface area contributed by atoms with E-state index in [1.54, 1.807) is 30.3 Å². The molecule has 1 N–H and O–H groups in total. The summed E-state index contributed by atoms with van der Waals surface area (Å²) in [6, 6.07) is 10.6. The van der Waals surface area contributed by atoms with E-state index in [4.69, 9.17) is 5.11 Å². The lowest BCUT2D eigenvalue weighted by Gasteiger charge is -2.06. The van der Waals surface area contributed by atoms with Crippen molar-refractivity contribution in [3.63, 3.8) is 0 Å². The van der Waals surface area contributed by atoms with Crippen molar-refractivity contribution < 1.29 is 14.3 Å². The zero-order chi connectivity index (χ0) is 14.8. The molecule has 3 rings (SSSR count). The molecule has 0 saturated carbocycles. The van der Waals surface area contributed by atoms with Crippen LogP contribution in [0.5, 0.6) is 0 Å². The van der Waals surface area contributed by atoms with Crippen LogP contribution in [0.3, 0.4) is 0 Å². The third kappa shape index (κ3) is 2.36. The number of carboxylic acid groups (broad SMARTS) is 1. The lowest BCUT2D eigenvalue weighted by atomic mass is 10.1. The largest absolute Gasteiger partial charge is 0.476 e. The Morgan fingerprint density at radius 2 is 2.00 bits per heavy atom. The normalized spacial score (nSPS) is 10.5. The van der Waals surface area contributed by atoms with Gasteiger partial charge in [0.25, 0.3) is 0 Å². The number of carbonyl (C=O) groups is 1. The van der Waals surface area contributed by atoms with E-state index in [-0.39, 0.29) is 11.3 Å². The molecule has 2 aromatic heterocycles. The second kappa shape index (κ2) is 5.12. The molecule has 3 aromatic rings. The van der Waals surface area contributed by atoms with Crippen molar-refractivity contribution in [3.8, 4) is 17.1 Å². The zero-order valence-electron chi connectivity index (χ0n) is 10.6. The number of rotatable bonds is 3. The fourth-order valence-electron chi connectivity index (χ4n) is 1.93. The van der Waals surface area contributed by atoms with Crippen molar-refractivity contribution in [2.24, 2.45) is 0 Å². The van der Waals surface area contributed by atoms with Crippen LogP contribution < -0.4 is 0 Å². The van der Waals surface area contributed by atoms with Gasteiger partial charge in [-0.1, -0.05) is 12.1 Å². The molecule has 0 radical (unpaired) electrons. The van der Waals surface area contributed by atoms with E-state index in [0.717, 1.165) is 0 Å². The van der Waals surface area contributed by atoms with Crippen LogP contribution in [0.4, 0.5) is 4.39 Å². The maximum absolute atomic E-state index is 14.0. The first kappa shape index (κ1) is 12.9. The highest BCUT2D eigenvalue weighted by atomic mass is 19.1. The second-order valence-corrected chi connectivity index (χ2v) is 4.19. The number of aromatic nitrogens is 4.